The van der Waals surface area contributed by atoms with Crippen LogP contribution in [-0.2, 0) is 24.9 Å². The van der Waals surface area contributed by atoms with Crippen molar-refractivity contribution < 1.29 is 17.6 Å². The van der Waals surface area contributed by atoms with Crippen molar-refractivity contribution in [1.82, 2.24) is 34.6 Å². The summed E-state index contributed by atoms with van der Waals surface area (Å²) in [5, 5.41) is 6.26. The van der Waals surface area contributed by atoms with Gasteiger partial charge in [-0.3, -0.25) is 9.18 Å². The van der Waals surface area contributed by atoms with Crippen molar-refractivity contribution in [3.63, 3.8) is 0 Å². The number of benzene rings is 1. The zero-order chi connectivity index (χ0) is 26.4. The third kappa shape index (κ3) is 4.90. The Labute approximate surface area is 208 Å². The Kier molecular flexibility index (Phi) is 6.18. The zero-order valence-corrected chi connectivity index (χ0v) is 20.1. The van der Waals surface area contributed by atoms with E-state index in [1.807, 2.05) is 18.2 Å². The molecule has 0 fully saturated rings. The number of rotatable bonds is 6. The summed E-state index contributed by atoms with van der Waals surface area (Å²) in [6.07, 6.45) is -1.34. The van der Waals surface area contributed by atoms with Crippen LogP contribution < -0.4 is 16.2 Å². The Bertz CT molecular complexity index is 1530. The highest BCUT2D eigenvalue weighted by Gasteiger charge is 2.33. The van der Waals surface area contributed by atoms with Gasteiger partial charge in [-0.2, -0.15) is 18.2 Å². The second-order valence-electron chi connectivity index (χ2n) is 9.51. The molecule has 4 heterocycles. The molecule has 0 saturated carbocycles. The molecule has 0 unspecified atom stereocenters. The minimum atomic E-state index is -4.70. The van der Waals surface area contributed by atoms with Crippen molar-refractivity contribution >= 4 is 22.7 Å². The van der Waals surface area contributed by atoms with Crippen molar-refractivity contribution in [2.45, 2.75) is 44.9 Å². The van der Waals surface area contributed by atoms with Crippen molar-refractivity contribution in [3.05, 3.63) is 64.0 Å². The monoisotopic (exact) mass is 516 g/mol. The van der Waals surface area contributed by atoms with Gasteiger partial charge in [0.2, 0.25) is 5.95 Å². The minimum absolute atomic E-state index is 0.0474. The molecule has 3 aromatic heterocycles. The van der Waals surface area contributed by atoms with Gasteiger partial charge in [0, 0.05) is 30.7 Å². The van der Waals surface area contributed by atoms with Gasteiger partial charge in [0.05, 0.1) is 5.41 Å². The Morgan fingerprint density at radius 1 is 1.11 bits per heavy atom. The van der Waals surface area contributed by atoms with Crippen molar-refractivity contribution in [3.8, 4) is 5.82 Å². The summed E-state index contributed by atoms with van der Waals surface area (Å²) < 4.78 is 55.5. The van der Waals surface area contributed by atoms with Gasteiger partial charge < -0.3 is 10.6 Å². The molecule has 1 aliphatic heterocycles. The molecule has 1 aliphatic rings. The zero-order valence-electron chi connectivity index (χ0n) is 20.1. The average molecular weight is 517 g/mol. The molecule has 37 heavy (non-hydrogen) atoms. The van der Waals surface area contributed by atoms with Crippen LogP contribution in [0.5, 0.6) is 0 Å². The third-order valence-corrected chi connectivity index (χ3v) is 6.15. The smallest absolute Gasteiger partial charge is 0.324 e. The fourth-order valence-corrected chi connectivity index (χ4v) is 4.17. The van der Waals surface area contributed by atoms with E-state index in [9.17, 15) is 22.4 Å². The predicted octanol–water partition coefficient (Wildman–Crippen LogP) is 3.57. The van der Waals surface area contributed by atoms with Crippen LogP contribution in [0, 0.1) is 0 Å². The van der Waals surface area contributed by atoms with Crippen LogP contribution in [0.2, 0.25) is 0 Å². The summed E-state index contributed by atoms with van der Waals surface area (Å²) in [4.78, 5) is 29.9. The summed E-state index contributed by atoms with van der Waals surface area (Å²) in [5.74, 6) is 0.128. The maximum Gasteiger partial charge on any atom is 0.408 e. The van der Waals surface area contributed by atoms with Gasteiger partial charge in [-0.25, -0.2) is 24.3 Å². The number of aromatic nitrogens is 6. The van der Waals surface area contributed by atoms with Gasteiger partial charge in [0.25, 0.3) is 5.56 Å². The summed E-state index contributed by atoms with van der Waals surface area (Å²) in [6, 6.07) is 7.15. The molecule has 0 amide bonds. The second-order valence-corrected chi connectivity index (χ2v) is 9.51. The summed E-state index contributed by atoms with van der Waals surface area (Å²) in [7, 11) is 0. The number of alkyl halides is 4. The number of nitrogens with zero attached hydrogens (tertiary/aromatic N) is 6. The number of nitrogens with one attached hydrogen (secondary N) is 2. The maximum atomic E-state index is 13.6. The summed E-state index contributed by atoms with van der Waals surface area (Å²) >= 11 is 0. The summed E-state index contributed by atoms with van der Waals surface area (Å²) in [5.41, 5.74) is 0.973. The van der Waals surface area contributed by atoms with E-state index in [1.54, 1.807) is 13.8 Å². The van der Waals surface area contributed by atoms with Gasteiger partial charge in [0.1, 0.15) is 24.4 Å². The highest BCUT2D eigenvalue weighted by Crippen LogP contribution is 2.25. The Balaban J connectivity index is 1.64. The first-order valence-corrected chi connectivity index (χ1v) is 11.6. The molecule has 0 atom stereocenters. The Hall–Kier alpha value is -3.87. The normalized spacial score (nSPS) is 14.1. The first-order chi connectivity index (χ1) is 17.6. The lowest BCUT2D eigenvalue weighted by Gasteiger charge is -2.20. The Morgan fingerprint density at radius 2 is 1.92 bits per heavy atom. The van der Waals surface area contributed by atoms with Crippen LogP contribution in [0.3, 0.4) is 0 Å². The van der Waals surface area contributed by atoms with Gasteiger partial charge >= 0.3 is 6.18 Å². The first-order valence-electron chi connectivity index (χ1n) is 11.6. The van der Waals surface area contributed by atoms with Crippen molar-refractivity contribution in [1.29, 1.82) is 0 Å². The molecule has 2 N–H and O–H groups in total. The van der Waals surface area contributed by atoms with Crippen LogP contribution >= 0.6 is 0 Å². The SMILES string of the molecule is CC(C)(CF)c1nccc(-n2c3nc(Nc4ccc5c(c4)CCNC5)ncc3c(=O)n2CC(F)(F)F)n1. The number of hydrogen-bond donors (Lipinski definition) is 2. The minimum Gasteiger partial charge on any atom is -0.324 e. The number of hydrogen-bond acceptors (Lipinski definition) is 7. The average Bonchev–Trinajstić information content (AvgIpc) is 3.13. The molecule has 194 valence electrons. The van der Waals surface area contributed by atoms with E-state index in [-0.39, 0.29) is 28.6 Å². The quantitative estimate of drug-likeness (QED) is 0.378. The molecule has 0 radical (unpaired) electrons. The molecular weight excluding hydrogens is 492 g/mol. The lowest BCUT2D eigenvalue weighted by Crippen LogP contribution is -2.31. The highest BCUT2D eigenvalue weighted by molar-refractivity contribution is 5.77. The molecule has 0 spiro atoms. The summed E-state index contributed by atoms with van der Waals surface area (Å²) in [6.45, 7) is 2.42. The molecule has 4 aromatic rings. The molecule has 1 aromatic carbocycles. The van der Waals surface area contributed by atoms with E-state index in [0.29, 0.717) is 10.4 Å². The molecule has 9 nitrogen and oxygen atoms in total. The standard InChI is InChI=1S/C24H24F4N8O/c1-23(2,12-25)21-30-8-6-18(33-21)36-19-17(20(37)35(36)13-24(26,27)28)11-31-22(34-19)32-16-4-3-15-10-29-7-5-14(15)9-16/h3-4,6,8-9,11,29H,5,7,10,12-13H2,1-2H3,(H,31,32,34). The van der Waals surface area contributed by atoms with Gasteiger partial charge in [-0.1, -0.05) is 19.9 Å². The van der Waals surface area contributed by atoms with E-state index in [4.69, 9.17) is 0 Å². The number of halogens is 4. The van der Waals surface area contributed by atoms with Gasteiger partial charge in [-0.05, 0) is 36.2 Å². The van der Waals surface area contributed by atoms with Gasteiger partial charge in [-0.15, -0.1) is 0 Å². The number of fused-ring (bicyclic) bond motifs is 2. The van der Waals surface area contributed by atoms with Crippen LogP contribution in [0.15, 0.2) is 41.5 Å². The molecule has 0 saturated heterocycles. The Morgan fingerprint density at radius 3 is 2.68 bits per heavy atom. The van der Waals surface area contributed by atoms with E-state index < -0.39 is 30.4 Å². The fraction of sp³-hybridized carbons (Fsp3) is 0.375. The fourth-order valence-electron chi connectivity index (χ4n) is 4.17. The topological polar surface area (TPSA) is 103 Å². The first kappa shape index (κ1) is 24.8. The van der Waals surface area contributed by atoms with Crippen LogP contribution in [0.25, 0.3) is 16.9 Å². The van der Waals surface area contributed by atoms with Crippen LogP contribution in [-0.4, -0.2) is 48.7 Å². The van der Waals surface area contributed by atoms with E-state index in [2.05, 4.69) is 30.6 Å². The maximum absolute atomic E-state index is 13.6. The van der Waals surface area contributed by atoms with E-state index in [1.165, 1.54) is 29.6 Å². The third-order valence-electron chi connectivity index (χ3n) is 6.15. The van der Waals surface area contributed by atoms with E-state index >= 15 is 0 Å². The molecule has 0 aliphatic carbocycles. The largest absolute Gasteiger partial charge is 0.408 e. The van der Waals surface area contributed by atoms with Gasteiger partial charge in [0.15, 0.2) is 11.5 Å². The van der Waals surface area contributed by atoms with E-state index in [0.717, 1.165) is 24.2 Å². The van der Waals surface area contributed by atoms with Crippen molar-refractivity contribution in [2.24, 2.45) is 0 Å². The lowest BCUT2D eigenvalue weighted by atomic mass is 9.94. The molecule has 0 bridgehead atoms. The lowest BCUT2D eigenvalue weighted by molar-refractivity contribution is -0.144. The van der Waals surface area contributed by atoms with Crippen molar-refractivity contribution in [2.75, 3.05) is 18.5 Å². The molecular formula is C24H24F4N8O. The number of anilines is 2. The second kappa shape index (κ2) is 9.21. The van der Waals surface area contributed by atoms with Crippen LogP contribution in [0.1, 0.15) is 30.8 Å². The van der Waals surface area contributed by atoms with Crippen LogP contribution in [0.4, 0.5) is 29.2 Å². The highest BCUT2D eigenvalue weighted by atomic mass is 19.4. The predicted molar refractivity (Wildman–Crippen MR) is 129 cm³/mol. The molecule has 13 heteroatoms. The molecule has 5 rings (SSSR count).